The van der Waals surface area contributed by atoms with Crippen molar-refractivity contribution in [2.45, 2.75) is 73.6 Å². The zero-order valence-corrected chi connectivity index (χ0v) is 15.8. The van der Waals surface area contributed by atoms with Crippen LogP contribution in [0.1, 0.15) is 82.3 Å². The van der Waals surface area contributed by atoms with E-state index in [0.717, 1.165) is 48.8 Å². The Labute approximate surface area is 142 Å². The van der Waals surface area contributed by atoms with Crippen LogP contribution < -0.4 is 0 Å². The first kappa shape index (κ1) is 19.7. The lowest BCUT2D eigenvalue weighted by Gasteiger charge is -2.17. The zero-order valence-electron chi connectivity index (χ0n) is 15.8. The Morgan fingerprint density at radius 2 is 1.48 bits per heavy atom. The number of aromatic hydroxyl groups is 1. The smallest absolute Gasteiger partial charge is 0.165 e. The monoisotopic (exact) mass is 318 g/mol. The predicted octanol–water partition coefficient (Wildman–Crippen LogP) is 5.80. The predicted molar refractivity (Wildman–Crippen MR) is 98.2 cm³/mol. The standard InChI is InChI=1S/C21H34O2/c1-7-8-9-16(6)20(22)19-12-17(10-14(2)3)21(23)18(13-19)11-15(4)5/h12-16,23H,7-11H2,1-6H3/t16-/m1/s1. The molecule has 1 N–H and O–H groups in total. The molecule has 2 heteroatoms. The molecule has 0 spiro atoms. The zero-order chi connectivity index (χ0) is 17.6. The van der Waals surface area contributed by atoms with E-state index in [4.69, 9.17) is 0 Å². The summed E-state index contributed by atoms with van der Waals surface area (Å²) in [5.41, 5.74) is 2.62. The summed E-state index contributed by atoms with van der Waals surface area (Å²) in [6, 6.07) is 3.84. The highest BCUT2D eigenvalue weighted by atomic mass is 16.3. The number of phenols is 1. The lowest BCUT2D eigenvalue weighted by Crippen LogP contribution is -2.13. The minimum atomic E-state index is 0.0540. The number of Topliss-reactive ketones (excluding diaryl/α,β-unsaturated/α-hetero) is 1. The summed E-state index contributed by atoms with van der Waals surface area (Å²) in [6.07, 6.45) is 4.76. The van der Waals surface area contributed by atoms with Crippen LogP contribution in [-0.2, 0) is 12.8 Å². The van der Waals surface area contributed by atoms with Crippen LogP contribution >= 0.6 is 0 Å². The number of ketones is 1. The van der Waals surface area contributed by atoms with Gasteiger partial charge in [-0.15, -0.1) is 0 Å². The average molecular weight is 319 g/mol. The molecule has 0 aliphatic carbocycles. The number of phenolic OH excluding ortho intramolecular Hbond substituents is 1. The van der Waals surface area contributed by atoms with Crippen molar-refractivity contribution in [2.75, 3.05) is 0 Å². The van der Waals surface area contributed by atoms with E-state index in [-0.39, 0.29) is 11.7 Å². The van der Waals surface area contributed by atoms with E-state index in [1.807, 2.05) is 19.1 Å². The maximum absolute atomic E-state index is 12.8. The second kappa shape index (κ2) is 9.10. The van der Waals surface area contributed by atoms with Gasteiger partial charge in [0.2, 0.25) is 0 Å². The van der Waals surface area contributed by atoms with Gasteiger partial charge < -0.3 is 5.11 Å². The second-order valence-electron chi connectivity index (χ2n) is 7.75. The maximum Gasteiger partial charge on any atom is 0.165 e. The van der Waals surface area contributed by atoms with Gasteiger partial charge in [0.05, 0.1) is 0 Å². The van der Waals surface area contributed by atoms with Gasteiger partial charge in [-0.1, -0.05) is 54.4 Å². The van der Waals surface area contributed by atoms with Gasteiger partial charge in [0.1, 0.15) is 5.75 Å². The van der Waals surface area contributed by atoms with Gasteiger partial charge in [-0.05, 0) is 54.4 Å². The third kappa shape index (κ3) is 6.01. The SMILES string of the molecule is CCCC[C@@H](C)C(=O)c1cc(CC(C)C)c(O)c(CC(C)C)c1. The molecule has 0 saturated carbocycles. The van der Waals surface area contributed by atoms with Gasteiger partial charge in [0.15, 0.2) is 5.78 Å². The summed E-state index contributed by atoms with van der Waals surface area (Å²) in [4.78, 5) is 12.8. The number of rotatable bonds is 9. The second-order valence-corrected chi connectivity index (χ2v) is 7.75. The molecule has 0 radical (unpaired) electrons. The first-order valence-electron chi connectivity index (χ1n) is 9.15. The first-order valence-corrected chi connectivity index (χ1v) is 9.15. The summed E-state index contributed by atoms with van der Waals surface area (Å²) in [6.45, 7) is 12.7. The highest BCUT2D eigenvalue weighted by Gasteiger charge is 2.19. The fourth-order valence-electron chi connectivity index (χ4n) is 3.02. The van der Waals surface area contributed by atoms with E-state index >= 15 is 0 Å². The molecule has 0 saturated heterocycles. The quantitative estimate of drug-likeness (QED) is 0.584. The minimum absolute atomic E-state index is 0.0540. The van der Waals surface area contributed by atoms with Gasteiger partial charge >= 0.3 is 0 Å². The van der Waals surface area contributed by atoms with Gasteiger partial charge in [0, 0.05) is 11.5 Å². The molecule has 0 aliphatic rings. The van der Waals surface area contributed by atoms with Crippen LogP contribution in [0.25, 0.3) is 0 Å². The normalized spacial score (nSPS) is 12.9. The Hall–Kier alpha value is -1.31. The Bertz CT molecular complexity index is 484. The number of benzene rings is 1. The third-order valence-electron chi connectivity index (χ3n) is 4.25. The number of carbonyl (C=O) groups is 1. The van der Waals surface area contributed by atoms with E-state index in [2.05, 4.69) is 34.6 Å². The van der Waals surface area contributed by atoms with Gasteiger partial charge in [-0.25, -0.2) is 0 Å². The molecule has 1 aromatic rings. The van der Waals surface area contributed by atoms with E-state index in [1.165, 1.54) is 0 Å². The van der Waals surface area contributed by atoms with Crippen molar-refractivity contribution in [3.63, 3.8) is 0 Å². The molecule has 1 rings (SSSR count). The Kier molecular flexibility index (Phi) is 7.81. The van der Waals surface area contributed by atoms with Crippen molar-refractivity contribution < 1.29 is 9.90 Å². The summed E-state index contributed by atoms with van der Waals surface area (Å²) >= 11 is 0. The summed E-state index contributed by atoms with van der Waals surface area (Å²) in [7, 11) is 0. The highest BCUT2D eigenvalue weighted by Crippen LogP contribution is 2.30. The Morgan fingerprint density at radius 1 is 1.00 bits per heavy atom. The molecule has 0 heterocycles. The van der Waals surface area contributed by atoms with Crippen LogP contribution in [0.3, 0.4) is 0 Å². The number of hydrogen-bond acceptors (Lipinski definition) is 2. The molecule has 0 bridgehead atoms. The Balaban J connectivity index is 3.17. The number of unbranched alkanes of at least 4 members (excludes halogenated alkanes) is 1. The van der Waals surface area contributed by atoms with Gasteiger partial charge in [-0.2, -0.15) is 0 Å². The van der Waals surface area contributed by atoms with Crippen molar-refractivity contribution in [3.8, 4) is 5.75 Å². The lowest BCUT2D eigenvalue weighted by molar-refractivity contribution is 0.0922. The van der Waals surface area contributed by atoms with Crippen LogP contribution in [0.4, 0.5) is 0 Å². The molecular weight excluding hydrogens is 284 g/mol. The number of hydrogen-bond donors (Lipinski definition) is 1. The van der Waals surface area contributed by atoms with Crippen LogP contribution in [0.15, 0.2) is 12.1 Å². The van der Waals surface area contributed by atoms with E-state index < -0.39 is 0 Å². The van der Waals surface area contributed by atoms with Crippen molar-refractivity contribution in [3.05, 3.63) is 28.8 Å². The molecule has 23 heavy (non-hydrogen) atoms. The fraction of sp³-hybridized carbons (Fsp3) is 0.667. The van der Waals surface area contributed by atoms with Crippen molar-refractivity contribution in [1.29, 1.82) is 0 Å². The molecule has 0 fully saturated rings. The molecule has 130 valence electrons. The van der Waals surface area contributed by atoms with E-state index in [0.29, 0.717) is 17.6 Å². The molecule has 2 nitrogen and oxygen atoms in total. The molecule has 1 atom stereocenters. The number of carbonyl (C=O) groups excluding carboxylic acids is 1. The summed E-state index contributed by atoms with van der Waals surface area (Å²) < 4.78 is 0. The van der Waals surface area contributed by atoms with Crippen molar-refractivity contribution >= 4 is 5.78 Å². The maximum atomic E-state index is 12.8. The Morgan fingerprint density at radius 3 is 1.87 bits per heavy atom. The molecule has 0 aromatic heterocycles. The highest BCUT2D eigenvalue weighted by molar-refractivity contribution is 5.98. The van der Waals surface area contributed by atoms with Crippen LogP contribution in [0.2, 0.25) is 0 Å². The molecule has 0 unspecified atom stereocenters. The molecular formula is C21H34O2. The van der Waals surface area contributed by atoms with Crippen LogP contribution in [-0.4, -0.2) is 10.9 Å². The van der Waals surface area contributed by atoms with Crippen LogP contribution in [0, 0.1) is 17.8 Å². The van der Waals surface area contributed by atoms with Gasteiger partial charge in [0.25, 0.3) is 0 Å². The van der Waals surface area contributed by atoms with Crippen molar-refractivity contribution in [1.82, 2.24) is 0 Å². The average Bonchev–Trinajstić information content (AvgIpc) is 2.46. The van der Waals surface area contributed by atoms with E-state index in [1.54, 1.807) is 0 Å². The molecule has 1 aromatic carbocycles. The minimum Gasteiger partial charge on any atom is -0.507 e. The van der Waals surface area contributed by atoms with Crippen molar-refractivity contribution in [2.24, 2.45) is 17.8 Å². The third-order valence-corrected chi connectivity index (χ3v) is 4.25. The van der Waals surface area contributed by atoms with E-state index in [9.17, 15) is 9.90 Å². The first-order chi connectivity index (χ1) is 10.8. The largest absolute Gasteiger partial charge is 0.507 e. The molecule has 0 aliphatic heterocycles. The lowest BCUT2D eigenvalue weighted by atomic mass is 9.88. The molecule has 0 amide bonds. The summed E-state index contributed by atoms with van der Waals surface area (Å²) in [5, 5.41) is 10.6. The summed E-state index contributed by atoms with van der Waals surface area (Å²) in [5.74, 6) is 1.57. The van der Waals surface area contributed by atoms with Gasteiger partial charge in [-0.3, -0.25) is 4.79 Å². The topological polar surface area (TPSA) is 37.3 Å². The van der Waals surface area contributed by atoms with Crippen LogP contribution in [0.5, 0.6) is 5.75 Å². The fourth-order valence-corrected chi connectivity index (χ4v) is 3.02.